The van der Waals surface area contributed by atoms with E-state index in [0.29, 0.717) is 30.4 Å². The molecule has 50 heavy (non-hydrogen) atoms. The maximum Gasteiger partial charge on any atom is 0.328 e. The quantitative estimate of drug-likeness (QED) is 0.260. The summed E-state index contributed by atoms with van der Waals surface area (Å²) >= 11 is 7.93. The van der Waals surface area contributed by atoms with Crippen LogP contribution in [0.1, 0.15) is 57.7 Å². The number of aromatic nitrogens is 3. The minimum atomic E-state index is -0.505. The molecule has 2 saturated heterocycles. The van der Waals surface area contributed by atoms with E-state index < -0.39 is 6.04 Å². The number of benzene rings is 2. The number of imide groups is 1. The zero-order chi connectivity index (χ0) is 34.9. The van der Waals surface area contributed by atoms with Crippen molar-refractivity contribution >= 4 is 52.2 Å². The Morgan fingerprint density at radius 3 is 2.52 bits per heavy atom. The Kier molecular flexibility index (Phi) is 9.82. The smallest absolute Gasteiger partial charge is 0.328 e. The summed E-state index contributed by atoms with van der Waals surface area (Å²) in [6.07, 6.45) is 0.459. The van der Waals surface area contributed by atoms with Crippen LogP contribution in [0.3, 0.4) is 0 Å². The first-order valence-corrected chi connectivity index (χ1v) is 18.1. The fraction of sp³-hybridized carbons (Fsp3) is 0.389. The monoisotopic (exact) mass is 713 g/mol. The third-order valence-electron chi connectivity index (χ3n) is 9.63. The van der Waals surface area contributed by atoms with Crippen molar-refractivity contribution in [3.8, 4) is 5.00 Å². The molecule has 0 unspecified atom stereocenters. The first kappa shape index (κ1) is 34.0. The lowest BCUT2D eigenvalue weighted by Crippen LogP contribution is -2.49. The second-order valence-electron chi connectivity index (χ2n) is 13.0. The lowest BCUT2D eigenvalue weighted by molar-refractivity contribution is -0.122. The van der Waals surface area contributed by atoms with Gasteiger partial charge in [-0.05, 0) is 56.2 Å². The number of amides is 4. The van der Waals surface area contributed by atoms with E-state index in [9.17, 15) is 14.4 Å². The number of hydrogen-bond acceptors (Lipinski definition) is 9. The molecule has 5 heterocycles. The number of nitrogens with one attached hydrogen (secondary N) is 2. The topological polar surface area (TPSA) is 128 Å². The van der Waals surface area contributed by atoms with Crippen LogP contribution in [0.5, 0.6) is 0 Å². The molecule has 1 atom stereocenters. The number of carbonyl (C=O) groups excluding carboxylic acids is 3. The molecular formula is C36H40ClN9O3S. The molecule has 4 aromatic rings. The van der Waals surface area contributed by atoms with Gasteiger partial charge in [0.2, 0.25) is 11.8 Å². The van der Waals surface area contributed by atoms with E-state index in [1.165, 1.54) is 4.88 Å². The molecule has 0 aliphatic carbocycles. The number of anilines is 1. The predicted molar refractivity (Wildman–Crippen MR) is 195 cm³/mol. The molecule has 7 rings (SSSR count). The Bertz CT molecular complexity index is 1960. The maximum atomic E-state index is 13.4. The van der Waals surface area contributed by atoms with E-state index in [1.807, 2.05) is 49.4 Å². The van der Waals surface area contributed by atoms with Gasteiger partial charge in [-0.15, -0.1) is 21.5 Å². The lowest BCUT2D eigenvalue weighted by atomic mass is 9.99. The standard InChI is InChI=1S/C36H40ClN9O3S/c1-22-23(2)50-35-32(22)33(26-7-9-27(37)10-8-26)39-29(34-42-41-24(3)46(34)35)20-31(48)38-12-14-43-15-17-44(18-16-43)21-25-5-4-6-28(19-25)45-13-11-30(47)40-36(45)49/h4-10,19,29H,11-18,20-21H2,1-3H3,(H,38,48)(H,40,47,49)/t29-/m0/s1. The molecule has 3 aliphatic heterocycles. The summed E-state index contributed by atoms with van der Waals surface area (Å²) in [5.41, 5.74) is 5.90. The highest BCUT2D eigenvalue weighted by Crippen LogP contribution is 2.39. The number of thiophene rings is 1. The zero-order valence-corrected chi connectivity index (χ0v) is 30.0. The van der Waals surface area contributed by atoms with Crippen molar-refractivity contribution in [3.05, 3.63) is 92.3 Å². The van der Waals surface area contributed by atoms with Gasteiger partial charge in [0, 0.05) is 85.5 Å². The van der Waals surface area contributed by atoms with Gasteiger partial charge in [-0.1, -0.05) is 35.9 Å². The summed E-state index contributed by atoms with van der Waals surface area (Å²) in [6, 6.07) is 14.8. The number of urea groups is 1. The molecule has 0 bridgehead atoms. The highest BCUT2D eigenvalue weighted by Gasteiger charge is 2.32. The van der Waals surface area contributed by atoms with Gasteiger partial charge in [-0.2, -0.15) is 0 Å². The van der Waals surface area contributed by atoms with Crippen molar-refractivity contribution in [3.63, 3.8) is 0 Å². The van der Waals surface area contributed by atoms with Crippen molar-refractivity contribution in [1.82, 2.24) is 35.2 Å². The van der Waals surface area contributed by atoms with Gasteiger partial charge in [0.1, 0.15) is 16.9 Å². The number of aliphatic imine (C=N–C) groups is 1. The number of halogens is 1. The van der Waals surface area contributed by atoms with E-state index in [-0.39, 0.29) is 24.3 Å². The van der Waals surface area contributed by atoms with Crippen LogP contribution < -0.4 is 15.5 Å². The molecule has 2 N–H and O–H groups in total. The molecule has 2 aromatic heterocycles. The van der Waals surface area contributed by atoms with Crippen molar-refractivity contribution in [2.45, 2.75) is 46.2 Å². The number of aryl methyl sites for hydroxylation is 2. The maximum absolute atomic E-state index is 13.4. The third-order valence-corrected chi connectivity index (χ3v) is 11.1. The lowest BCUT2D eigenvalue weighted by Gasteiger charge is -2.35. The van der Waals surface area contributed by atoms with Crippen molar-refractivity contribution in [2.24, 2.45) is 4.99 Å². The van der Waals surface area contributed by atoms with Crippen LogP contribution in [0.25, 0.3) is 5.00 Å². The van der Waals surface area contributed by atoms with Crippen LogP contribution in [-0.4, -0.2) is 93.9 Å². The SMILES string of the molecule is Cc1sc2c(c1C)C(c1ccc(Cl)cc1)=N[C@@H](CC(=O)NCCN1CCN(Cc3cccc(N4CCC(=O)NC4=O)c3)CC1)c1nnc(C)n1-2. The van der Waals surface area contributed by atoms with Gasteiger partial charge in [0.15, 0.2) is 5.82 Å². The first-order chi connectivity index (χ1) is 24.1. The van der Waals surface area contributed by atoms with Gasteiger partial charge >= 0.3 is 6.03 Å². The number of nitrogens with zero attached hydrogens (tertiary/aromatic N) is 7. The number of hydrogen-bond donors (Lipinski definition) is 2. The summed E-state index contributed by atoms with van der Waals surface area (Å²) in [5, 5.41) is 16.1. The Labute approximate surface area is 300 Å². The molecule has 2 fully saturated rings. The molecule has 2 aromatic carbocycles. The molecule has 0 radical (unpaired) electrons. The molecule has 3 aliphatic rings. The fourth-order valence-corrected chi connectivity index (χ4v) is 8.14. The van der Waals surface area contributed by atoms with E-state index in [0.717, 1.165) is 83.7 Å². The Morgan fingerprint density at radius 1 is 1.00 bits per heavy atom. The number of rotatable bonds is 9. The molecular weight excluding hydrogens is 674 g/mol. The highest BCUT2D eigenvalue weighted by atomic mass is 35.5. The van der Waals surface area contributed by atoms with Crippen molar-refractivity contribution in [1.29, 1.82) is 0 Å². The van der Waals surface area contributed by atoms with Gasteiger partial charge in [0.05, 0.1) is 12.1 Å². The highest BCUT2D eigenvalue weighted by molar-refractivity contribution is 7.15. The molecule has 14 heteroatoms. The Balaban J connectivity index is 0.953. The third kappa shape index (κ3) is 7.08. The van der Waals surface area contributed by atoms with Crippen LogP contribution in [0.2, 0.25) is 5.02 Å². The van der Waals surface area contributed by atoms with E-state index in [1.54, 1.807) is 16.2 Å². The van der Waals surface area contributed by atoms with Gasteiger partial charge in [0.25, 0.3) is 0 Å². The molecule has 4 amide bonds. The summed E-state index contributed by atoms with van der Waals surface area (Å²) in [5.74, 6) is 1.12. The molecule has 12 nitrogen and oxygen atoms in total. The molecule has 0 spiro atoms. The average Bonchev–Trinajstić information content (AvgIpc) is 3.57. The average molecular weight is 714 g/mol. The van der Waals surface area contributed by atoms with Crippen LogP contribution in [-0.2, 0) is 16.1 Å². The van der Waals surface area contributed by atoms with Crippen LogP contribution in [0.4, 0.5) is 10.5 Å². The molecule has 260 valence electrons. The second kappa shape index (κ2) is 14.4. The largest absolute Gasteiger partial charge is 0.355 e. The number of carbonyl (C=O) groups is 3. The van der Waals surface area contributed by atoms with Gasteiger partial charge in [-0.25, -0.2) is 4.79 Å². The Morgan fingerprint density at radius 2 is 1.76 bits per heavy atom. The van der Waals surface area contributed by atoms with Crippen molar-refractivity contribution < 1.29 is 14.4 Å². The summed E-state index contributed by atoms with van der Waals surface area (Å²) in [7, 11) is 0. The van der Waals surface area contributed by atoms with Crippen LogP contribution in [0.15, 0.2) is 53.5 Å². The summed E-state index contributed by atoms with van der Waals surface area (Å²) in [4.78, 5) is 50.0. The van der Waals surface area contributed by atoms with Gasteiger partial charge in [-0.3, -0.25) is 39.2 Å². The zero-order valence-electron chi connectivity index (χ0n) is 28.4. The first-order valence-electron chi connectivity index (χ1n) is 16.9. The number of fused-ring (bicyclic) bond motifs is 3. The summed E-state index contributed by atoms with van der Waals surface area (Å²) < 4.78 is 2.06. The second-order valence-corrected chi connectivity index (χ2v) is 14.6. The van der Waals surface area contributed by atoms with Gasteiger partial charge < -0.3 is 5.32 Å². The fourth-order valence-electron chi connectivity index (χ4n) is 6.80. The molecule has 0 saturated carbocycles. The summed E-state index contributed by atoms with van der Waals surface area (Å²) in [6.45, 7) is 12.2. The minimum Gasteiger partial charge on any atom is -0.355 e. The van der Waals surface area contributed by atoms with Crippen LogP contribution >= 0.6 is 22.9 Å². The van der Waals surface area contributed by atoms with E-state index >= 15 is 0 Å². The predicted octanol–water partition coefficient (Wildman–Crippen LogP) is 4.57. The number of piperazine rings is 1. The van der Waals surface area contributed by atoms with Crippen molar-refractivity contribution in [2.75, 3.05) is 50.7 Å². The van der Waals surface area contributed by atoms with E-state index in [4.69, 9.17) is 16.6 Å². The van der Waals surface area contributed by atoms with Crippen LogP contribution in [0, 0.1) is 20.8 Å². The Hall–Kier alpha value is -4.43. The van der Waals surface area contributed by atoms with E-state index in [2.05, 4.69) is 55.1 Å². The minimum absolute atomic E-state index is 0.0789. The normalized spacial score (nSPS) is 18.3.